The number of methoxy groups -OCH3 is 1. The zero-order chi connectivity index (χ0) is 19.0. The monoisotopic (exact) mass is 385 g/mol. The van der Waals surface area contributed by atoms with Crippen molar-refractivity contribution in [2.45, 2.75) is 18.9 Å². The minimum absolute atomic E-state index is 0.378. The summed E-state index contributed by atoms with van der Waals surface area (Å²) in [6.45, 7) is 0.718. The highest BCUT2D eigenvalue weighted by Crippen LogP contribution is 2.40. The number of rotatable bonds is 4. The number of thiazole rings is 1. The molecule has 27 heavy (non-hydrogen) atoms. The Morgan fingerprint density at radius 2 is 2.30 bits per heavy atom. The van der Waals surface area contributed by atoms with Gasteiger partial charge < -0.3 is 14.6 Å². The first-order valence-corrected chi connectivity index (χ1v) is 9.47. The van der Waals surface area contributed by atoms with Gasteiger partial charge in [0.1, 0.15) is 16.5 Å². The molecule has 8 heteroatoms. The molecular weight excluding hydrogens is 366 g/mol. The number of ether oxygens (including phenoxy) is 2. The van der Waals surface area contributed by atoms with Crippen molar-refractivity contribution < 1.29 is 19.4 Å². The molecule has 0 spiro atoms. The highest BCUT2D eigenvalue weighted by Gasteiger charge is 2.30. The van der Waals surface area contributed by atoms with Crippen LogP contribution in [0.2, 0.25) is 0 Å². The van der Waals surface area contributed by atoms with Gasteiger partial charge in [0.05, 0.1) is 19.4 Å². The summed E-state index contributed by atoms with van der Waals surface area (Å²) in [5.74, 6) is 0.144. The first-order chi connectivity index (χ1) is 13.1. The third-order valence-corrected chi connectivity index (χ3v) is 5.39. The first kappa shape index (κ1) is 17.7. The second-order valence-corrected chi connectivity index (χ2v) is 7.16. The Balaban J connectivity index is 1.93. The summed E-state index contributed by atoms with van der Waals surface area (Å²) < 4.78 is 12.0. The van der Waals surface area contributed by atoms with E-state index < -0.39 is 12.1 Å². The third kappa shape index (κ3) is 3.11. The molecule has 1 atom stereocenters. The number of carbonyl (C=O) groups excluding carboxylic acids is 1. The lowest BCUT2D eigenvalue weighted by Gasteiger charge is -2.18. The molecule has 1 aliphatic rings. The number of benzene rings is 1. The van der Waals surface area contributed by atoms with Gasteiger partial charge in [-0.3, -0.25) is 4.68 Å². The van der Waals surface area contributed by atoms with Crippen molar-refractivity contribution in [3.8, 4) is 27.6 Å². The Hall–Kier alpha value is -2.71. The van der Waals surface area contributed by atoms with E-state index in [4.69, 9.17) is 9.47 Å². The lowest BCUT2D eigenvalue weighted by Crippen LogP contribution is -2.17. The van der Waals surface area contributed by atoms with Crippen LogP contribution in [0, 0.1) is 0 Å². The summed E-state index contributed by atoms with van der Waals surface area (Å²) in [6, 6.07) is 5.89. The maximum atomic E-state index is 12.0. The van der Waals surface area contributed by atoms with E-state index in [0.717, 1.165) is 41.3 Å². The van der Waals surface area contributed by atoms with E-state index in [0.29, 0.717) is 17.0 Å². The van der Waals surface area contributed by atoms with Gasteiger partial charge >= 0.3 is 5.97 Å². The van der Waals surface area contributed by atoms with Gasteiger partial charge in [-0.1, -0.05) is 6.07 Å². The molecular formula is C19H19N3O4S. The molecule has 2 aromatic heterocycles. The van der Waals surface area contributed by atoms with Crippen LogP contribution in [0.3, 0.4) is 0 Å². The zero-order valence-corrected chi connectivity index (χ0v) is 15.8. The number of fused-ring (bicyclic) bond motifs is 1. The lowest BCUT2D eigenvalue weighted by atomic mass is 9.96. The van der Waals surface area contributed by atoms with Crippen LogP contribution in [0.1, 0.15) is 23.8 Å². The average Bonchev–Trinajstić information content (AvgIpc) is 3.34. The van der Waals surface area contributed by atoms with Crippen LogP contribution in [0.4, 0.5) is 0 Å². The van der Waals surface area contributed by atoms with Crippen LogP contribution in [0.25, 0.3) is 21.8 Å². The number of hydrogen-bond acceptors (Lipinski definition) is 7. The van der Waals surface area contributed by atoms with Crippen molar-refractivity contribution in [3.05, 3.63) is 41.0 Å². The Bertz CT molecular complexity index is 981. The van der Waals surface area contributed by atoms with E-state index >= 15 is 0 Å². The molecule has 7 nitrogen and oxygen atoms in total. The van der Waals surface area contributed by atoms with Crippen molar-refractivity contribution in [2.24, 2.45) is 7.05 Å². The molecule has 1 aliphatic heterocycles. The predicted molar refractivity (Wildman–Crippen MR) is 101 cm³/mol. The van der Waals surface area contributed by atoms with Crippen LogP contribution < -0.4 is 4.74 Å². The second kappa shape index (κ2) is 7.13. The summed E-state index contributed by atoms with van der Waals surface area (Å²) >= 11 is 1.45. The zero-order valence-electron chi connectivity index (χ0n) is 15.0. The second-order valence-electron chi connectivity index (χ2n) is 6.27. The SMILES string of the molecule is COC(=O)C(O)c1c(-c2ccc3c(c2)CCCO3)c(-c2nccs2)nn1C. The maximum absolute atomic E-state index is 12.0. The van der Waals surface area contributed by atoms with E-state index in [9.17, 15) is 9.90 Å². The van der Waals surface area contributed by atoms with E-state index in [-0.39, 0.29) is 0 Å². The minimum Gasteiger partial charge on any atom is -0.493 e. The Labute approximate surface area is 160 Å². The summed E-state index contributed by atoms with van der Waals surface area (Å²) in [5.41, 5.74) is 3.64. The molecule has 0 amide bonds. The molecule has 0 saturated heterocycles. The third-order valence-electron chi connectivity index (χ3n) is 4.61. The van der Waals surface area contributed by atoms with Gasteiger partial charge in [0.25, 0.3) is 0 Å². The maximum Gasteiger partial charge on any atom is 0.341 e. The first-order valence-electron chi connectivity index (χ1n) is 8.59. The molecule has 0 fully saturated rings. The van der Waals surface area contributed by atoms with Gasteiger partial charge in [-0.05, 0) is 36.1 Å². The standard InChI is InChI=1S/C19H19N3O4S/c1-22-16(17(23)19(24)25-2)14(15(21-22)18-20-7-9-27-18)12-5-6-13-11(10-12)4-3-8-26-13/h5-7,9-10,17,23H,3-4,8H2,1-2H3. The fraction of sp³-hybridized carbons (Fsp3) is 0.316. The number of esters is 1. The van der Waals surface area contributed by atoms with Gasteiger partial charge in [0, 0.05) is 24.2 Å². The van der Waals surface area contributed by atoms with Crippen molar-refractivity contribution in [2.75, 3.05) is 13.7 Å². The van der Waals surface area contributed by atoms with Crippen LogP contribution in [0.5, 0.6) is 5.75 Å². The van der Waals surface area contributed by atoms with Crippen molar-refractivity contribution in [1.29, 1.82) is 0 Å². The van der Waals surface area contributed by atoms with E-state index in [1.165, 1.54) is 23.1 Å². The Morgan fingerprint density at radius 3 is 3.04 bits per heavy atom. The smallest absolute Gasteiger partial charge is 0.341 e. The fourth-order valence-corrected chi connectivity index (χ4v) is 3.99. The van der Waals surface area contributed by atoms with Gasteiger partial charge in [-0.15, -0.1) is 11.3 Å². The Morgan fingerprint density at radius 1 is 1.44 bits per heavy atom. The molecule has 1 aromatic carbocycles. The molecule has 1 N–H and O–H groups in total. The molecule has 3 aromatic rings. The highest BCUT2D eigenvalue weighted by atomic mass is 32.1. The van der Waals surface area contributed by atoms with E-state index in [1.807, 2.05) is 23.6 Å². The molecule has 0 aliphatic carbocycles. The van der Waals surface area contributed by atoms with Crippen LogP contribution >= 0.6 is 11.3 Å². The van der Waals surface area contributed by atoms with Crippen LogP contribution in [-0.4, -0.2) is 39.6 Å². The predicted octanol–water partition coefficient (Wildman–Crippen LogP) is 2.74. The molecule has 0 saturated carbocycles. The Kier molecular flexibility index (Phi) is 4.67. The number of nitrogens with zero attached hydrogens (tertiary/aromatic N) is 3. The number of aryl methyl sites for hydroxylation is 2. The van der Waals surface area contributed by atoms with Crippen molar-refractivity contribution in [1.82, 2.24) is 14.8 Å². The summed E-state index contributed by atoms with van der Waals surface area (Å²) in [6.07, 6.45) is 2.14. The summed E-state index contributed by atoms with van der Waals surface area (Å²) in [4.78, 5) is 16.4. The van der Waals surface area contributed by atoms with Gasteiger partial charge in [-0.25, -0.2) is 9.78 Å². The molecule has 0 radical (unpaired) electrons. The molecule has 140 valence electrons. The summed E-state index contributed by atoms with van der Waals surface area (Å²) in [7, 11) is 2.95. The lowest BCUT2D eigenvalue weighted by molar-refractivity contribution is -0.151. The van der Waals surface area contributed by atoms with Crippen LogP contribution in [0.15, 0.2) is 29.8 Å². The average molecular weight is 385 g/mol. The molecule has 0 bridgehead atoms. The van der Waals surface area contributed by atoms with Gasteiger partial charge in [-0.2, -0.15) is 5.10 Å². The van der Waals surface area contributed by atoms with Crippen molar-refractivity contribution in [3.63, 3.8) is 0 Å². The van der Waals surface area contributed by atoms with Gasteiger partial charge in [0.2, 0.25) is 0 Å². The fourth-order valence-electron chi connectivity index (χ4n) is 3.36. The van der Waals surface area contributed by atoms with Crippen molar-refractivity contribution >= 4 is 17.3 Å². The van der Waals surface area contributed by atoms with Crippen LogP contribution in [-0.2, 0) is 23.0 Å². The number of aromatic nitrogens is 3. The van der Waals surface area contributed by atoms with E-state index in [2.05, 4.69) is 10.1 Å². The number of carbonyl (C=O) groups is 1. The summed E-state index contributed by atoms with van der Waals surface area (Å²) in [5, 5.41) is 17.7. The van der Waals surface area contributed by atoms with E-state index in [1.54, 1.807) is 13.2 Å². The highest BCUT2D eigenvalue weighted by molar-refractivity contribution is 7.13. The topological polar surface area (TPSA) is 86.5 Å². The quantitative estimate of drug-likeness (QED) is 0.695. The number of hydrogen-bond donors (Lipinski definition) is 1. The molecule has 4 rings (SSSR count). The normalized spacial score (nSPS) is 14.3. The van der Waals surface area contributed by atoms with Gasteiger partial charge in [0.15, 0.2) is 6.10 Å². The molecule has 3 heterocycles. The number of aliphatic hydroxyl groups is 1. The minimum atomic E-state index is -1.44. The number of aliphatic hydroxyl groups excluding tert-OH is 1. The molecule has 1 unspecified atom stereocenters. The largest absolute Gasteiger partial charge is 0.493 e.